The maximum atomic E-state index is 12.5. The average Bonchev–Trinajstić information content (AvgIpc) is 2.52. The molecule has 0 bridgehead atoms. The van der Waals surface area contributed by atoms with Gasteiger partial charge in [-0.3, -0.25) is 9.59 Å². The van der Waals surface area contributed by atoms with Crippen LogP contribution in [0.25, 0.3) is 0 Å². The van der Waals surface area contributed by atoms with Crippen molar-refractivity contribution in [1.82, 2.24) is 10.2 Å². The lowest BCUT2D eigenvalue weighted by Crippen LogP contribution is -2.45. The predicted octanol–water partition coefficient (Wildman–Crippen LogP) is 1.45. The van der Waals surface area contributed by atoms with Gasteiger partial charge < -0.3 is 16.0 Å². The summed E-state index contributed by atoms with van der Waals surface area (Å²) in [7, 11) is 0. The van der Waals surface area contributed by atoms with Gasteiger partial charge in [-0.25, -0.2) is 0 Å². The number of nitrogens with one attached hydrogen (secondary N) is 1. The molecule has 0 aliphatic rings. The number of nitrogens with two attached hydrogens (primary N) is 1. The maximum Gasteiger partial charge on any atom is 0.244 e. The largest absolute Gasteiger partial charge is 0.355 e. The minimum Gasteiger partial charge on any atom is -0.355 e. The van der Waals surface area contributed by atoms with Crippen molar-refractivity contribution in [3.05, 3.63) is 35.9 Å². The van der Waals surface area contributed by atoms with Gasteiger partial charge in [0.1, 0.15) is 6.04 Å². The van der Waals surface area contributed by atoms with E-state index in [0.717, 1.165) is 18.4 Å². The number of rotatable bonds is 8. The lowest BCUT2D eigenvalue weighted by atomic mass is 10.1. The van der Waals surface area contributed by atoms with Gasteiger partial charge in [0.05, 0.1) is 6.54 Å². The molecule has 0 aromatic heterocycles. The van der Waals surface area contributed by atoms with E-state index in [2.05, 4.69) is 5.32 Å². The minimum atomic E-state index is -0.725. The zero-order valence-corrected chi connectivity index (χ0v) is 12.8. The molecule has 0 radical (unpaired) electrons. The Morgan fingerprint density at radius 2 is 1.86 bits per heavy atom. The van der Waals surface area contributed by atoms with Gasteiger partial charge in [-0.15, -0.1) is 0 Å². The van der Waals surface area contributed by atoms with Crippen LogP contribution in [0.4, 0.5) is 0 Å². The third-order valence-electron chi connectivity index (χ3n) is 3.14. The Balaban J connectivity index is 2.70. The fourth-order valence-corrected chi connectivity index (χ4v) is 2.03. The molecule has 0 saturated heterocycles. The predicted molar refractivity (Wildman–Crippen MR) is 83.5 cm³/mol. The molecule has 1 atom stereocenters. The lowest BCUT2D eigenvalue weighted by Gasteiger charge is -2.25. The van der Waals surface area contributed by atoms with Crippen LogP contribution in [0, 0.1) is 0 Å². The quantitative estimate of drug-likeness (QED) is 0.761. The number of carbonyl (C=O) groups excluding carboxylic acids is 2. The van der Waals surface area contributed by atoms with Gasteiger partial charge in [0.2, 0.25) is 11.8 Å². The molecule has 2 amide bonds. The van der Waals surface area contributed by atoms with E-state index in [4.69, 9.17) is 5.73 Å². The third-order valence-corrected chi connectivity index (χ3v) is 3.14. The van der Waals surface area contributed by atoms with Crippen LogP contribution in [0.5, 0.6) is 0 Å². The van der Waals surface area contributed by atoms with Crippen LogP contribution in [-0.4, -0.2) is 36.3 Å². The maximum absolute atomic E-state index is 12.5. The van der Waals surface area contributed by atoms with Gasteiger partial charge in [-0.05, 0) is 18.4 Å². The summed E-state index contributed by atoms with van der Waals surface area (Å²) in [6.07, 6.45) is 1.66. The normalized spacial score (nSPS) is 11.8. The van der Waals surface area contributed by atoms with Crippen LogP contribution in [0.2, 0.25) is 0 Å². The molecule has 5 nitrogen and oxygen atoms in total. The number of hydrogen-bond acceptors (Lipinski definition) is 3. The van der Waals surface area contributed by atoms with Crippen LogP contribution in [-0.2, 0) is 9.59 Å². The fourth-order valence-electron chi connectivity index (χ4n) is 2.03. The fraction of sp³-hybridized carbons (Fsp3) is 0.500. The molecule has 0 spiro atoms. The number of benzene rings is 1. The van der Waals surface area contributed by atoms with Crippen molar-refractivity contribution in [2.24, 2.45) is 5.73 Å². The highest BCUT2D eigenvalue weighted by molar-refractivity contribution is 5.88. The summed E-state index contributed by atoms with van der Waals surface area (Å²) >= 11 is 0. The van der Waals surface area contributed by atoms with Gasteiger partial charge in [-0.1, -0.05) is 44.2 Å². The molecule has 0 aliphatic carbocycles. The van der Waals surface area contributed by atoms with Crippen LogP contribution < -0.4 is 11.1 Å². The standard InChI is InChI=1S/C16H25N3O2/c1-3-10-18-14(20)12-19(11-4-2)16(21)15(17)13-8-6-5-7-9-13/h5-9,15H,3-4,10-12,17H2,1-2H3,(H,18,20)/t15-/m1/s1. The SMILES string of the molecule is CCCNC(=O)CN(CCC)C(=O)[C@H](N)c1ccccc1. The second-order valence-corrected chi connectivity index (χ2v) is 5.00. The summed E-state index contributed by atoms with van der Waals surface area (Å²) in [6.45, 7) is 5.17. The monoisotopic (exact) mass is 291 g/mol. The van der Waals surface area contributed by atoms with Crippen LogP contribution in [0.3, 0.4) is 0 Å². The molecule has 0 heterocycles. The Morgan fingerprint density at radius 1 is 1.19 bits per heavy atom. The number of carbonyl (C=O) groups is 2. The third kappa shape index (κ3) is 5.55. The molecule has 0 aliphatic heterocycles. The first kappa shape index (κ1) is 17.2. The Bertz CT molecular complexity index is 448. The van der Waals surface area contributed by atoms with Crippen molar-refractivity contribution in [1.29, 1.82) is 0 Å². The van der Waals surface area contributed by atoms with Gasteiger partial charge in [0, 0.05) is 13.1 Å². The highest BCUT2D eigenvalue weighted by Gasteiger charge is 2.23. The van der Waals surface area contributed by atoms with Crippen molar-refractivity contribution >= 4 is 11.8 Å². The van der Waals surface area contributed by atoms with E-state index in [-0.39, 0.29) is 18.4 Å². The van der Waals surface area contributed by atoms with E-state index < -0.39 is 6.04 Å². The molecule has 1 rings (SSSR count). The van der Waals surface area contributed by atoms with E-state index in [1.807, 2.05) is 44.2 Å². The van der Waals surface area contributed by atoms with Crippen LogP contribution in [0.15, 0.2) is 30.3 Å². The highest BCUT2D eigenvalue weighted by Crippen LogP contribution is 2.13. The summed E-state index contributed by atoms with van der Waals surface area (Å²) in [5.74, 6) is -0.353. The average molecular weight is 291 g/mol. The Hall–Kier alpha value is -1.88. The van der Waals surface area contributed by atoms with Gasteiger partial charge in [0.15, 0.2) is 0 Å². The number of hydrogen-bond donors (Lipinski definition) is 2. The first-order chi connectivity index (χ1) is 10.1. The van der Waals surface area contributed by atoms with Crippen molar-refractivity contribution in [3.8, 4) is 0 Å². The lowest BCUT2D eigenvalue weighted by molar-refractivity contribution is -0.137. The highest BCUT2D eigenvalue weighted by atomic mass is 16.2. The molecule has 21 heavy (non-hydrogen) atoms. The number of nitrogens with zero attached hydrogens (tertiary/aromatic N) is 1. The van der Waals surface area contributed by atoms with Gasteiger partial charge >= 0.3 is 0 Å². The molecular formula is C16H25N3O2. The Labute approximate surface area is 126 Å². The summed E-state index contributed by atoms with van der Waals surface area (Å²) < 4.78 is 0. The summed E-state index contributed by atoms with van der Waals surface area (Å²) in [5, 5.41) is 2.78. The summed E-state index contributed by atoms with van der Waals surface area (Å²) in [5.41, 5.74) is 6.78. The van der Waals surface area contributed by atoms with Crippen molar-refractivity contribution in [2.45, 2.75) is 32.7 Å². The van der Waals surface area contributed by atoms with Crippen molar-refractivity contribution in [2.75, 3.05) is 19.6 Å². The van der Waals surface area contributed by atoms with Crippen molar-refractivity contribution < 1.29 is 9.59 Å². The molecule has 0 fully saturated rings. The summed E-state index contributed by atoms with van der Waals surface area (Å²) in [4.78, 5) is 25.8. The molecule has 0 unspecified atom stereocenters. The van der Waals surface area contributed by atoms with Gasteiger partial charge in [-0.2, -0.15) is 0 Å². The molecular weight excluding hydrogens is 266 g/mol. The van der Waals surface area contributed by atoms with E-state index in [9.17, 15) is 9.59 Å². The smallest absolute Gasteiger partial charge is 0.244 e. The first-order valence-corrected chi connectivity index (χ1v) is 7.46. The molecule has 1 aromatic rings. The molecule has 3 N–H and O–H groups in total. The van der Waals surface area contributed by atoms with E-state index in [0.29, 0.717) is 13.1 Å². The van der Waals surface area contributed by atoms with Crippen LogP contribution in [0.1, 0.15) is 38.3 Å². The van der Waals surface area contributed by atoms with Crippen LogP contribution >= 0.6 is 0 Å². The zero-order valence-electron chi connectivity index (χ0n) is 12.8. The van der Waals surface area contributed by atoms with Crippen molar-refractivity contribution in [3.63, 3.8) is 0 Å². The zero-order chi connectivity index (χ0) is 15.7. The second-order valence-electron chi connectivity index (χ2n) is 5.00. The van der Waals surface area contributed by atoms with E-state index in [1.54, 1.807) is 0 Å². The number of amides is 2. The molecule has 5 heteroatoms. The molecule has 116 valence electrons. The van der Waals surface area contributed by atoms with E-state index >= 15 is 0 Å². The van der Waals surface area contributed by atoms with Gasteiger partial charge in [0.25, 0.3) is 0 Å². The minimum absolute atomic E-state index is 0.0627. The van der Waals surface area contributed by atoms with E-state index in [1.165, 1.54) is 4.90 Å². The first-order valence-electron chi connectivity index (χ1n) is 7.46. The Kier molecular flexibility index (Phi) is 7.46. The second kappa shape index (κ2) is 9.13. The summed E-state index contributed by atoms with van der Waals surface area (Å²) in [6, 6.07) is 8.49. The Morgan fingerprint density at radius 3 is 2.43 bits per heavy atom. The topological polar surface area (TPSA) is 75.4 Å². The molecule has 0 saturated carbocycles. The molecule has 1 aromatic carbocycles.